The topological polar surface area (TPSA) is 96.4 Å². The van der Waals surface area contributed by atoms with Crippen LogP contribution in [0, 0.1) is 22.2 Å². The molecule has 1 fully saturated rings. The average Bonchev–Trinajstić information content (AvgIpc) is 2.99. The highest BCUT2D eigenvalue weighted by atomic mass is 16.1. The van der Waals surface area contributed by atoms with E-state index in [2.05, 4.69) is 110 Å². The van der Waals surface area contributed by atoms with Crippen molar-refractivity contribution < 1.29 is 4.79 Å². The third-order valence-electron chi connectivity index (χ3n) is 11.1. The normalized spacial score (nSPS) is 20.8. The van der Waals surface area contributed by atoms with Crippen LogP contribution in [0.4, 0.5) is 0 Å². The zero-order valence-corrected chi connectivity index (χ0v) is 32.7. The van der Waals surface area contributed by atoms with Gasteiger partial charge in [-0.3, -0.25) is 10.6 Å². The van der Waals surface area contributed by atoms with Gasteiger partial charge in [0.15, 0.2) is 5.78 Å². The average molecular weight is 664 g/mol. The van der Waals surface area contributed by atoms with E-state index in [0.29, 0.717) is 24.2 Å². The van der Waals surface area contributed by atoms with Gasteiger partial charge in [0.1, 0.15) is 0 Å². The minimum Gasteiger partial charge on any atom is -0.386 e. The van der Waals surface area contributed by atoms with Gasteiger partial charge in [-0.15, -0.1) is 0 Å². The van der Waals surface area contributed by atoms with Gasteiger partial charge in [-0.05, 0) is 97.3 Å². The van der Waals surface area contributed by atoms with Crippen molar-refractivity contribution in [3.05, 3.63) is 71.7 Å². The summed E-state index contributed by atoms with van der Waals surface area (Å²) >= 11 is 0. The van der Waals surface area contributed by atoms with Gasteiger partial charge in [-0.2, -0.15) is 0 Å². The van der Waals surface area contributed by atoms with E-state index in [1.54, 1.807) is 6.92 Å². The highest BCUT2D eigenvalue weighted by molar-refractivity contribution is 5.94. The van der Waals surface area contributed by atoms with Crippen molar-refractivity contribution in [2.45, 2.75) is 145 Å². The van der Waals surface area contributed by atoms with E-state index < -0.39 is 0 Å². The second-order valence-electron chi connectivity index (χ2n) is 17.8. The standard InChI is InChI=1S/C42H73N5O/c1-31(2)40(8,9)28-41(10,11)38(25-32(3)46-34(5)43)27-47(44)30-39(6,7)29-45-42(12)23-16-13-14-19-35(20-15-17-24-42)37-22-18-21-36(26-37)33(4)48/h18,21-22,25-26,31,35,45-46H,3,5,13-17,19-20,23-24,27-30,43-44H2,1-2,4,6-12H3/b38-25+. The fraction of sp³-hybridized carbons (Fsp3) is 0.690. The fourth-order valence-electron chi connectivity index (χ4n) is 7.48. The van der Waals surface area contributed by atoms with Crippen molar-refractivity contribution in [3.63, 3.8) is 0 Å². The minimum atomic E-state index is -0.0914. The van der Waals surface area contributed by atoms with Gasteiger partial charge in [0.05, 0.1) is 5.82 Å². The van der Waals surface area contributed by atoms with Crippen LogP contribution in [0.5, 0.6) is 0 Å². The molecule has 0 heterocycles. The van der Waals surface area contributed by atoms with Gasteiger partial charge in [-0.1, -0.05) is 119 Å². The summed E-state index contributed by atoms with van der Waals surface area (Å²) in [5.74, 6) is 8.48. The molecule has 1 aromatic rings. The predicted octanol–water partition coefficient (Wildman–Crippen LogP) is 9.61. The van der Waals surface area contributed by atoms with Crippen LogP contribution in [0.2, 0.25) is 0 Å². The van der Waals surface area contributed by atoms with Gasteiger partial charge in [0.2, 0.25) is 0 Å². The first-order valence-corrected chi connectivity index (χ1v) is 18.6. The van der Waals surface area contributed by atoms with E-state index in [0.717, 1.165) is 30.8 Å². The van der Waals surface area contributed by atoms with Crippen LogP contribution in [-0.4, -0.2) is 36.0 Å². The lowest BCUT2D eigenvalue weighted by Gasteiger charge is -2.41. The molecule has 1 aliphatic rings. The lowest BCUT2D eigenvalue weighted by Crippen LogP contribution is -2.51. The Hall–Kier alpha value is -2.41. The summed E-state index contributed by atoms with van der Waals surface area (Å²) in [4.78, 5) is 12.0. The maximum atomic E-state index is 12.0. The van der Waals surface area contributed by atoms with Crippen LogP contribution in [0.1, 0.15) is 155 Å². The molecule has 1 aromatic carbocycles. The van der Waals surface area contributed by atoms with Crippen molar-refractivity contribution in [1.82, 2.24) is 15.6 Å². The van der Waals surface area contributed by atoms with Crippen LogP contribution < -0.4 is 22.2 Å². The number of ketones is 1. The largest absolute Gasteiger partial charge is 0.386 e. The summed E-state index contributed by atoms with van der Waals surface area (Å²) in [6.45, 7) is 33.0. The van der Waals surface area contributed by atoms with Crippen LogP contribution in [-0.2, 0) is 0 Å². The van der Waals surface area contributed by atoms with E-state index in [-0.39, 0.29) is 27.6 Å². The van der Waals surface area contributed by atoms with Crippen molar-refractivity contribution in [2.75, 3.05) is 19.6 Å². The molecule has 0 aromatic heterocycles. The van der Waals surface area contributed by atoms with Gasteiger partial charge in [-0.25, -0.2) is 5.01 Å². The second-order valence-corrected chi connectivity index (χ2v) is 17.8. The number of nitrogens with zero attached hydrogens (tertiary/aromatic N) is 1. The Bertz CT molecular complexity index is 1240. The zero-order valence-electron chi connectivity index (χ0n) is 32.7. The molecule has 6 nitrogen and oxygen atoms in total. The zero-order chi connectivity index (χ0) is 36.3. The number of hydrogen-bond donors (Lipinski definition) is 4. The lowest BCUT2D eigenvalue weighted by molar-refractivity contribution is 0.101. The van der Waals surface area contributed by atoms with Gasteiger partial charge >= 0.3 is 0 Å². The molecular formula is C42H73N5O. The van der Waals surface area contributed by atoms with Crippen molar-refractivity contribution in [1.29, 1.82) is 0 Å². The molecule has 6 heteroatoms. The van der Waals surface area contributed by atoms with Crippen LogP contribution in [0.3, 0.4) is 0 Å². The molecule has 0 amide bonds. The Balaban J connectivity index is 2.07. The smallest absolute Gasteiger partial charge is 0.159 e. The van der Waals surface area contributed by atoms with E-state index in [9.17, 15) is 4.79 Å². The maximum absolute atomic E-state index is 12.0. The van der Waals surface area contributed by atoms with E-state index >= 15 is 0 Å². The molecule has 272 valence electrons. The summed E-state index contributed by atoms with van der Waals surface area (Å²) in [7, 11) is 0. The molecule has 48 heavy (non-hydrogen) atoms. The van der Waals surface area contributed by atoms with E-state index in [4.69, 9.17) is 11.6 Å². The number of carbonyl (C=O) groups excluding carboxylic acids is 1. The molecule has 0 spiro atoms. The quantitative estimate of drug-likeness (QED) is 0.0609. The predicted molar refractivity (Wildman–Crippen MR) is 207 cm³/mol. The van der Waals surface area contributed by atoms with E-state index in [1.165, 1.54) is 68.9 Å². The molecule has 2 rings (SSSR count). The second kappa shape index (κ2) is 18.0. The summed E-state index contributed by atoms with van der Waals surface area (Å²) in [5, 5.41) is 9.11. The molecule has 0 saturated heterocycles. The van der Waals surface area contributed by atoms with Crippen LogP contribution >= 0.6 is 0 Å². The third-order valence-corrected chi connectivity index (χ3v) is 11.1. The molecular weight excluding hydrogens is 590 g/mol. The Kier molecular flexibility index (Phi) is 15.7. The Morgan fingerprint density at radius 1 is 1.04 bits per heavy atom. The van der Waals surface area contributed by atoms with Crippen molar-refractivity contribution in [2.24, 2.45) is 33.7 Å². The third kappa shape index (κ3) is 14.2. The molecule has 6 N–H and O–H groups in total. The maximum Gasteiger partial charge on any atom is 0.159 e. The number of Topliss-reactive ketones (excluding diaryl/α,β-unsaturated/α-hetero) is 1. The number of allylic oxidation sites excluding steroid dienone is 1. The Morgan fingerprint density at radius 2 is 1.65 bits per heavy atom. The Morgan fingerprint density at radius 3 is 2.23 bits per heavy atom. The van der Waals surface area contributed by atoms with Crippen LogP contribution in [0.25, 0.3) is 0 Å². The van der Waals surface area contributed by atoms with Gasteiger partial charge < -0.3 is 16.4 Å². The van der Waals surface area contributed by atoms with Gasteiger partial charge in [0, 0.05) is 36.4 Å². The van der Waals surface area contributed by atoms with Crippen molar-refractivity contribution in [3.8, 4) is 0 Å². The monoisotopic (exact) mass is 664 g/mol. The van der Waals surface area contributed by atoms with E-state index in [1.807, 2.05) is 11.1 Å². The molecule has 0 radical (unpaired) electrons. The Labute approximate surface area is 295 Å². The molecule has 1 aliphatic carbocycles. The van der Waals surface area contributed by atoms with Crippen molar-refractivity contribution >= 4 is 5.78 Å². The molecule has 2 unspecified atom stereocenters. The first-order valence-electron chi connectivity index (χ1n) is 18.6. The number of nitrogens with one attached hydrogen (secondary N) is 2. The SMILES string of the molecule is C=C(N)NC(=C)/C=C(\CN(N)CC(C)(C)CNC1(C)CCCCCC(c2cccc(C(C)=O)c2)CCCC1)C(C)(C)CC(C)(C)C(C)C. The highest BCUT2D eigenvalue weighted by Gasteiger charge is 2.35. The number of hydrazine groups is 1. The molecule has 0 aliphatic heterocycles. The number of carbonyl (C=O) groups is 1. The number of rotatable bonds is 16. The summed E-state index contributed by atoms with van der Waals surface area (Å²) in [6, 6.07) is 8.36. The van der Waals surface area contributed by atoms with Crippen LogP contribution in [0.15, 0.2) is 60.6 Å². The highest BCUT2D eigenvalue weighted by Crippen LogP contribution is 2.43. The molecule has 2 atom stereocenters. The summed E-state index contributed by atoms with van der Waals surface area (Å²) in [5.41, 5.74) is 10.2. The molecule has 1 saturated carbocycles. The lowest BCUT2D eigenvalue weighted by atomic mass is 9.66. The number of nitrogens with two attached hydrogens (primary N) is 2. The minimum absolute atomic E-state index is 0.0238. The van der Waals surface area contributed by atoms with Gasteiger partial charge in [0.25, 0.3) is 0 Å². The fourth-order valence-corrected chi connectivity index (χ4v) is 7.48. The number of benzene rings is 1. The number of hydrogen-bond acceptors (Lipinski definition) is 6. The molecule has 0 bridgehead atoms. The first-order chi connectivity index (χ1) is 22.1. The summed E-state index contributed by atoms with van der Waals surface area (Å²) in [6.07, 6.45) is 14.0. The summed E-state index contributed by atoms with van der Waals surface area (Å²) < 4.78 is 0. The first kappa shape index (κ1) is 41.8.